The smallest absolute Gasteiger partial charge is 0.232 e. The Kier molecular flexibility index (Phi) is 7.49. The summed E-state index contributed by atoms with van der Waals surface area (Å²) in [6.07, 6.45) is 4.34. The lowest BCUT2D eigenvalue weighted by Crippen LogP contribution is -2.44. The van der Waals surface area contributed by atoms with Gasteiger partial charge in [0, 0.05) is 24.9 Å². The minimum Gasteiger partial charge on any atom is -0.487 e. The molecule has 0 unspecified atom stereocenters. The topological polar surface area (TPSA) is 75.7 Å². The molecule has 1 atom stereocenters. The van der Waals surface area contributed by atoms with Gasteiger partial charge in [-0.1, -0.05) is 50.2 Å². The quantitative estimate of drug-likeness (QED) is 0.589. The molecule has 7 heteroatoms. The summed E-state index contributed by atoms with van der Waals surface area (Å²) in [6, 6.07) is 15.1. The maximum absolute atomic E-state index is 12.8. The second-order valence-corrected chi connectivity index (χ2v) is 10.5. The Balaban J connectivity index is 1.67. The zero-order valence-corrected chi connectivity index (χ0v) is 20.2. The first-order chi connectivity index (χ1) is 15.2. The minimum atomic E-state index is -3.44. The number of hydrogen-bond acceptors (Lipinski definition) is 4. The molecule has 2 aromatic rings. The lowest BCUT2D eigenvalue weighted by Gasteiger charge is -2.41. The molecular weight excluding hydrogens is 424 g/mol. The lowest BCUT2D eigenvalue weighted by atomic mass is 9.83. The van der Waals surface area contributed by atoms with E-state index in [0.717, 1.165) is 36.1 Å². The van der Waals surface area contributed by atoms with Crippen LogP contribution in [-0.4, -0.2) is 32.7 Å². The second-order valence-electron chi connectivity index (χ2n) is 8.58. The number of para-hydroxylation sites is 2. The monoisotopic (exact) mass is 458 g/mol. The molecule has 1 aliphatic heterocycles. The van der Waals surface area contributed by atoms with Crippen molar-refractivity contribution in [3.8, 4) is 5.75 Å². The highest BCUT2D eigenvalue weighted by atomic mass is 32.2. The molecule has 0 saturated carbocycles. The van der Waals surface area contributed by atoms with Crippen LogP contribution < -0.4 is 14.4 Å². The molecular formula is C25H34N2O4S. The summed E-state index contributed by atoms with van der Waals surface area (Å²) in [4.78, 5) is 12.8. The molecule has 0 spiro atoms. The van der Waals surface area contributed by atoms with Crippen molar-refractivity contribution in [2.24, 2.45) is 0 Å². The van der Waals surface area contributed by atoms with E-state index in [1.165, 1.54) is 10.6 Å². The van der Waals surface area contributed by atoms with E-state index in [1.54, 1.807) is 6.07 Å². The van der Waals surface area contributed by atoms with E-state index in [9.17, 15) is 13.2 Å². The molecule has 0 saturated heterocycles. The van der Waals surface area contributed by atoms with Gasteiger partial charge in [0.2, 0.25) is 15.9 Å². The Bertz CT molecular complexity index is 1050. The Morgan fingerprint density at radius 3 is 2.44 bits per heavy atom. The van der Waals surface area contributed by atoms with Gasteiger partial charge < -0.3 is 10.1 Å². The lowest BCUT2D eigenvalue weighted by molar-refractivity contribution is -0.122. The Hall–Kier alpha value is -2.54. The number of carbonyl (C=O) groups is 1. The Labute approximate surface area is 192 Å². The van der Waals surface area contributed by atoms with E-state index < -0.39 is 10.0 Å². The van der Waals surface area contributed by atoms with Gasteiger partial charge in [0.05, 0.1) is 18.0 Å². The normalized spacial score (nSPS) is 17.2. The van der Waals surface area contributed by atoms with E-state index in [4.69, 9.17) is 4.74 Å². The summed E-state index contributed by atoms with van der Waals surface area (Å²) in [5, 5.41) is 3.18. The SMILES string of the molecule is CCC1(CC)C[C@@H](NC(=O)CCCN(c2ccccc2C)S(C)(=O)=O)c2ccccc2O1. The number of hydrogen-bond donors (Lipinski definition) is 1. The van der Waals surface area contributed by atoms with E-state index in [1.807, 2.05) is 49.4 Å². The zero-order chi connectivity index (χ0) is 23.4. The van der Waals surface area contributed by atoms with Crippen LogP contribution in [0, 0.1) is 6.92 Å². The van der Waals surface area contributed by atoms with Gasteiger partial charge in [-0.15, -0.1) is 0 Å². The van der Waals surface area contributed by atoms with Crippen molar-refractivity contribution in [2.45, 2.75) is 64.5 Å². The number of anilines is 1. The van der Waals surface area contributed by atoms with Gasteiger partial charge in [-0.05, 0) is 43.9 Å². The third kappa shape index (κ3) is 5.44. The highest BCUT2D eigenvalue weighted by molar-refractivity contribution is 7.92. The van der Waals surface area contributed by atoms with Crippen LogP contribution in [0.15, 0.2) is 48.5 Å². The van der Waals surface area contributed by atoms with Crippen LogP contribution in [0.5, 0.6) is 5.75 Å². The van der Waals surface area contributed by atoms with Crippen LogP contribution >= 0.6 is 0 Å². The highest BCUT2D eigenvalue weighted by Gasteiger charge is 2.38. The Morgan fingerprint density at radius 2 is 1.78 bits per heavy atom. The number of ether oxygens (including phenoxy) is 1. The van der Waals surface area contributed by atoms with Crippen molar-refractivity contribution < 1.29 is 17.9 Å². The van der Waals surface area contributed by atoms with Gasteiger partial charge >= 0.3 is 0 Å². The fourth-order valence-corrected chi connectivity index (χ4v) is 5.41. The largest absolute Gasteiger partial charge is 0.487 e. The van der Waals surface area contributed by atoms with E-state index in [2.05, 4.69) is 19.2 Å². The van der Waals surface area contributed by atoms with E-state index >= 15 is 0 Å². The molecule has 2 aromatic carbocycles. The number of aryl methyl sites for hydroxylation is 1. The number of rotatable bonds is 9. The molecule has 0 bridgehead atoms. The van der Waals surface area contributed by atoms with Gasteiger partial charge in [0.25, 0.3) is 0 Å². The number of amides is 1. The average Bonchev–Trinajstić information content (AvgIpc) is 2.76. The van der Waals surface area contributed by atoms with Crippen molar-refractivity contribution in [3.63, 3.8) is 0 Å². The summed E-state index contributed by atoms with van der Waals surface area (Å²) in [5.74, 6) is 0.751. The highest BCUT2D eigenvalue weighted by Crippen LogP contribution is 2.42. The first-order valence-corrected chi connectivity index (χ1v) is 13.1. The summed E-state index contributed by atoms with van der Waals surface area (Å²) < 4.78 is 32.4. The number of fused-ring (bicyclic) bond motifs is 1. The molecule has 0 aliphatic carbocycles. The summed E-state index contributed by atoms with van der Waals surface area (Å²) in [6.45, 7) is 6.37. The number of nitrogens with one attached hydrogen (secondary N) is 1. The third-order valence-corrected chi connectivity index (χ3v) is 7.55. The molecule has 1 amide bonds. The summed E-state index contributed by atoms with van der Waals surface area (Å²) in [5.41, 5.74) is 2.25. The maximum atomic E-state index is 12.8. The predicted octanol–water partition coefficient (Wildman–Crippen LogP) is 4.74. The summed E-state index contributed by atoms with van der Waals surface area (Å²) in [7, 11) is -3.44. The zero-order valence-electron chi connectivity index (χ0n) is 19.4. The maximum Gasteiger partial charge on any atom is 0.232 e. The molecule has 32 heavy (non-hydrogen) atoms. The number of sulfonamides is 1. The van der Waals surface area contributed by atoms with E-state index in [-0.39, 0.29) is 30.5 Å². The first-order valence-electron chi connectivity index (χ1n) is 11.3. The number of carbonyl (C=O) groups excluding carboxylic acids is 1. The standard InChI is InChI=1S/C25H34N2O4S/c1-5-25(6-2)18-21(20-13-8-10-15-23(20)31-25)26-24(28)16-11-17-27(32(4,29)30)22-14-9-7-12-19(22)3/h7-10,12-15,21H,5-6,11,16-18H2,1-4H3,(H,26,28)/t21-/m1/s1. The van der Waals surface area contributed by atoms with Gasteiger partial charge in [-0.3, -0.25) is 9.10 Å². The molecule has 0 radical (unpaired) electrons. The van der Waals surface area contributed by atoms with Crippen LogP contribution in [0.2, 0.25) is 0 Å². The van der Waals surface area contributed by atoms with Crippen molar-refractivity contribution in [1.82, 2.24) is 5.32 Å². The number of benzene rings is 2. The molecule has 1 N–H and O–H groups in total. The fourth-order valence-electron chi connectivity index (χ4n) is 4.39. The van der Waals surface area contributed by atoms with Crippen LogP contribution in [-0.2, 0) is 14.8 Å². The number of nitrogens with zero attached hydrogens (tertiary/aromatic N) is 1. The average molecular weight is 459 g/mol. The van der Waals surface area contributed by atoms with Gasteiger partial charge in [0.1, 0.15) is 11.4 Å². The van der Waals surface area contributed by atoms with Gasteiger partial charge in [0.15, 0.2) is 0 Å². The second kappa shape index (κ2) is 9.94. The van der Waals surface area contributed by atoms with Crippen LogP contribution in [0.3, 0.4) is 0 Å². The van der Waals surface area contributed by atoms with Crippen LogP contribution in [0.25, 0.3) is 0 Å². The molecule has 0 fully saturated rings. The van der Waals surface area contributed by atoms with Gasteiger partial charge in [-0.2, -0.15) is 0 Å². The van der Waals surface area contributed by atoms with E-state index in [0.29, 0.717) is 12.1 Å². The molecule has 0 aromatic heterocycles. The molecule has 1 aliphatic rings. The van der Waals surface area contributed by atoms with Crippen LogP contribution in [0.1, 0.15) is 63.1 Å². The third-order valence-electron chi connectivity index (χ3n) is 6.37. The molecule has 6 nitrogen and oxygen atoms in total. The molecule has 174 valence electrons. The molecule has 3 rings (SSSR count). The molecule has 1 heterocycles. The predicted molar refractivity (Wildman–Crippen MR) is 128 cm³/mol. The first kappa shape index (κ1) is 24.1. The van der Waals surface area contributed by atoms with Crippen molar-refractivity contribution in [1.29, 1.82) is 0 Å². The van der Waals surface area contributed by atoms with Crippen LogP contribution in [0.4, 0.5) is 5.69 Å². The van der Waals surface area contributed by atoms with Crippen molar-refractivity contribution >= 4 is 21.6 Å². The van der Waals surface area contributed by atoms with Crippen molar-refractivity contribution in [3.05, 3.63) is 59.7 Å². The fraction of sp³-hybridized carbons (Fsp3) is 0.480. The Morgan fingerprint density at radius 1 is 1.12 bits per heavy atom. The summed E-state index contributed by atoms with van der Waals surface area (Å²) >= 11 is 0. The van der Waals surface area contributed by atoms with Crippen molar-refractivity contribution in [2.75, 3.05) is 17.1 Å². The minimum absolute atomic E-state index is 0.0777. The van der Waals surface area contributed by atoms with Gasteiger partial charge in [-0.25, -0.2) is 8.42 Å².